The zero-order chi connectivity index (χ0) is 45.7. The SMILES string of the molecule is Cc1cc(C(Nc2c(Nc3cccc(C(=O)N(C)C)c3O)c(=O)c2=O)c2ccc(-c3csc([C@H](Nc4c(Nc5cccc(C(=O)N(C)C)c5O)c(=O)c4=O)C(C)(C)C)n3)cc2)on1. The topological polar surface area (TPSA) is 236 Å². The molecule has 5 aromatic carbocycles. The molecular weight excluding hydrogens is 829 g/mol. The van der Waals surface area contributed by atoms with E-state index in [1.807, 2.05) is 50.4 Å². The number of aromatic nitrogens is 2. The highest BCUT2D eigenvalue weighted by molar-refractivity contribution is 7.10. The first-order valence-corrected chi connectivity index (χ1v) is 20.4. The van der Waals surface area contributed by atoms with Crippen molar-refractivity contribution in [3.63, 3.8) is 0 Å². The van der Waals surface area contributed by atoms with Crippen LogP contribution in [0.25, 0.3) is 11.3 Å². The van der Waals surface area contributed by atoms with Crippen molar-refractivity contribution in [3.05, 3.63) is 146 Å². The van der Waals surface area contributed by atoms with Gasteiger partial charge in [-0.3, -0.25) is 28.8 Å². The molecule has 1 unspecified atom stereocenters. The third-order valence-corrected chi connectivity index (χ3v) is 11.3. The molecule has 63 heavy (non-hydrogen) atoms. The third-order valence-electron chi connectivity index (χ3n) is 10.4. The molecule has 17 nitrogen and oxygen atoms in total. The Bertz CT molecular complexity index is 3040. The largest absolute Gasteiger partial charge is 0.505 e. The normalized spacial score (nSPS) is 12.5. The van der Waals surface area contributed by atoms with E-state index >= 15 is 0 Å². The lowest BCUT2D eigenvalue weighted by atomic mass is 9.86. The minimum atomic E-state index is -0.814. The van der Waals surface area contributed by atoms with Crippen molar-refractivity contribution < 1.29 is 24.3 Å². The molecular formula is C45H44N8O9S. The van der Waals surface area contributed by atoms with E-state index in [-0.39, 0.29) is 56.8 Å². The number of nitrogens with zero attached hydrogens (tertiary/aromatic N) is 4. The first kappa shape index (κ1) is 43.5. The second kappa shape index (κ2) is 16.7. The highest BCUT2D eigenvalue weighted by Gasteiger charge is 2.34. The Morgan fingerprint density at radius 3 is 1.67 bits per heavy atom. The molecule has 324 valence electrons. The van der Waals surface area contributed by atoms with Crippen LogP contribution in [0.3, 0.4) is 0 Å². The Balaban J connectivity index is 1.14. The lowest BCUT2D eigenvalue weighted by molar-refractivity contribution is 0.0817. The summed E-state index contributed by atoms with van der Waals surface area (Å²) in [6, 6.07) is 16.6. The van der Waals surface area contributed by atoms with Crippen LogP contribution in [0.5, 0.6) is 11.5 Å². The van der Waals surface area contributed by atoms with Crippen LogP contribution < -0.4 is 43.0 Å². The summed E-state index contributed by atoms with van der Waals surface area (Å²) in [6.07, 6.45) is 0. The van der Waals surface area contributed by atoms with Gasteiger partial charge in [-0.2, -0.15) is 0 Å². The van der Waals surface area contributed by atoms with Gasteiger partial charge in [-0.25, -0.2) is 4.98 Å². The van der Waals surface area contributed by atoms with E-state index in [4.69, 9.17) is 9.51 Å². The molecule has 0 fully saturated rings. The van der Waals surface area contributed by atoms with Gasteiger partial charge in [0.1, 0.15) is 33.8 Å². The number of carbonyl (C=O) groups is 2. The number of phenols is 2. The number of anilines is 6. The summed E-state index contributed by atoms with van der Waals surface area (Å²) in [5.41, 5.74) is -1.05. The first-order chi connectivity index (χ1) is 29.8. The second-order valence-corrected chi connectivity index (χ2v) is 17.3. The highest BCUT2D eigenvalue weighted by atomic mass is 32.1. The van der Waals surface area contributed by atoms with Gasteiger partial charge in [-0.1, -0.05) is 62.3 Å². The summed E-state index contributed by atoms with van der Waals surface area (Å²) in [7, 11) is 6.18. The van der Waals surface area contributed by atoms with Crippen molar-refractivity contribution >= 4 is 57.3 Å². The number of carbonyl (C=O) groups excluding carboxylic acids is 2. The van der Waals surface area contributed by atoms with Crippen LogP contribution in [-0.4, -0.2) is 70.2 Å². The van der Waals surface area contributed by atoms with E-state index < -0.39 is 51.0 Å². The number of thiazole rings is 1. The average Bonchev–Trinajstić information content (AvgIpc) is 3.92. The van der Waals surface area contributed by atoms with E-state index in [9.17, 15) is 39.0 Å². The predicted octanol–water partition coefficient (Wildman–Crippen LogP) is 6.00. The number of hydrogen-bond acceptors (Lipinski definition) is 16. The Hall–Kier alpha value is -7.60. The van der Waals surface area contributed by atoms with Crippen LogP contribution in [0.15, 0.2) is 95.8 Å². The minimum Gasteiger partial charge on any atom is -0.505 e. The Kier molecular flexibility index (Phi) is 11.5. The van der Waals surface area contributed by atoms with E-state index in [1.54, 1.807) is 53.3 Å². The zero-order valence-corrected chi connectivity index (χ0v) is 36.3. The molecule has 2 aromatic heterocycles. The number of phenolic OH excluding ortho intramolecular Hbond substituents is 2. The van der Waals surface area contributed by atoms with Gasteiger partial charge in [0.05, 0.1) is 39.9 Å². The van der Waals surface area contributed by atoms with Crippen molar-refractivity contribution in [2.45, 2.75) is 39.8 Å². The van der Waals surface area contributed by atoms with Crippen molar-refractivity contribution in [1.29, 1.82) is 0 Å². The number of rotatable bonds is 14. The molecule has 2 atom stereocenters. The molecule has 2 amide bonds. The van der Waals surface area contributed by atoms with Crippen molar-refractivity contribution in [2.24, 2.45) is 5.41 Å². The van der Waals surface area contributed by atoms with E-state index in [0.29, 0.717) is 27.7 Å². The van der Waals surface area contributed by atoms with Crippen LogP contribution in [-0.2, 0) is 0 Å². The molecule has 6 N–H and O–H groups in total. The summed E-state index contributed by atoms with van der Waals surface area (Å²) in [4.78, 5) is 84.5. The molecule has 0 saturated heterocycles. The number of nitrogens with one attached hydrogen (secondary N) is 4. The van der Waals surface area contributed by atoms with E-state index in [0.717, 1.165) is 5.56 Å². The van der Waals surface area contributed by atoms with Crippen LogP contribution in [0.2, 0.25) is 0 Å². The van der Waals surface area contributed by atoms with Gasteiger partial charge in [0, 0.05) is 45.2 Å². The van der Waals surface area contributed by atoms with Crippen LogP contribution in [0.4, 0.5) is 34.1 Å². The Labute approximate surface area is 364 Å². The van der Waals surface area contributed by atoms with E-state index in [2.05, 4.69) is 26.4 Å². The second-order valence-electron chi connectivity index (χ2n) is 16.5. The molecule has 0 aliphatic carbocycles. The molecule has 0 bridgehead atoms. The number of benzene rings is 3. The summed E-state index contributed by atoms with van der Waals surface area (Å²) >= 11 is 1.36. The van der Waals surface area contributed by atoms with Crippen LogP contribution in [0.1, 0.15) is 75.6 Å². The van der Waals surface area contributed by atoms with Gasteiger partial charge < -0.3 is 45.8 Å². The molecule has 0 spiro atoms. The third kappa shape index (κ3) is 8.27. The Morgan fingerprint density at radius 2 is 1.21 bits per heavy atom. The molecule has 0 radical (unpaired) electrons. The highest BCUT2D eigenvalue weighted by Crippen LogP contribution is 2.41. The molecule has 0 aliphatic rings. The van der Waals surface area contributed by atoms with Crippen molar-refractivity contribution in [2.75, 3.05) is 49.5 Å². The lowest BCUT2D eigenvalue weighted by Crippen LogP contribution is -2.39. The first-order valence-electron chi connectivity index (χ1n) is 19.6. The maximum Gasteiger partial charge on any atom is 0.257 e. The number of aryl methyl sites for hydroxylation is 1. The standard InChI is InChI=1S/C45H44N8O9S/c1-21-19-29(62-51-21)30(49-33-31(37(56)39(33)58)46-26-13-9-11-24(35(26)54)43(60)52(5)6)23-17-15-22(16-18-23)28-20-63-42(48-28)41(45(2,3)4)50-34-32(38(57)40(34)59)47-27-14-10-12-25(36(27)55)44(61)53(7)8/h9-20,30,41,46-47,49-50,54-55H,1-8H3/t30?,41-/m0/s1. The summed E-state index contributed by atoms with van der Waals surface area (Å²) in [5.74, 6) is -1.28. The lowest BCUT2D eigenvalue weighted by Gasteiger charge is -2.31. The number of amides is 2. The molecule has 2 heterocycles. The monoisotopic (exact) mass is 872 g/mol. The van der Waals surface area contributed by atoms with E-state index in [1.165, 1.54) is 45.4 Å². The zero-order valence-electron chi connectivity index (χ0n) is 35.5. The maximum absolute atomic E-state index is 13.0. The van der Waals surface area contributed by atoms with Gasteiger partial charge in [-0.05, 0) is 42.2 Å². The summed E-state index contributed by atoms with van der Waals surface area (Å²) in [5, 5.41) is 40.3. The maximum atomic E-state index is 13.0. The van der Waals surface area contributed by atoms with Gasteiger partial charge in [0.15, 0.2) is 17.3 Å². The predicted molar refractivity (Wildman–Crippen MR) is 242 cm³/mol. The van der Waals surface area contributed by atoms with Gasteiger partial charge >= 0.3 is 0 Å². The number of para-hydroxylation sites is 2. The molecule has 7 aromatic rings. The molecule has 7 rings (SSSR count). The summed E-state index contributed by atoms with van der Waals surface area (Å²) in [6.45, 7) is 7.63. The van der Waals surface area contributed by atoms with Gasteiger partial charge in [-0.15, -0.1) is 11.3 Å². The molecule has 0 saturated carbocycles. The van der Waals surface area contributed by atoms with Gasteiger partial charge in [0.2, 0.25) is 0 Å². The summed E-state index contributed by atoms with van der Waals surface area (Å²) < 4.78 is 5.62. The quantitative estimate of drug-likeness (QED) is 0.0543. The smallest absolute Gasteiger partial charge is 0.257 e. The van der Waals surface area contributed by atoms with Crippen molar-refractivity contribution in [3.8, 4) is 22.8 Å². The minimum absolute atomic E-state index is 0.00933. The van der Waals surface area contributed by atoms with Crippen molar-refractivity contribution in [1.82, 2.24) is 19.9 Å². The Morgan fingerprint density at radius 1 is 0.714 bits per heavy atom. The number of aromatic hydroxyl groups is 2. The fourth-order valence-corrected chi connectivity index (χ4v) is 7.98. The van der Waals surface area contributed by atoms with Crippen LogP contribution in [0, 0.1) is 12.3 Å². The van der Waals surface area contributed by atoms with Crippen LogP contribution >= 0.6 is 11.3 Å². The average molecular weight is 873 g/mol. The van der Waals surface area contributed by atoms with Gasteiger partial charge in [0.25, 0.3) is 33.5 Å². The molecule has 18 heteroatoms. The number of hydrogen-bond donors (Lipinski definition) is 6. The fourth-order valence-electron chi connectivity index (χ4n) is 6.86. The molecule has 0 aliphatic heterocycles. The fraction of sp³-hybridized carbons (Fsp3) is 0.244.